The SMILES string of the molecule is Cc1ccc2sc(C=Cc3ccccc3C)nc2c1. The molecule has 0 saturated carbocycles. The van der Waals surface area contributed by atoms with Crippen LogP contribution in [0.4, 0.5) is 0 Å². The zero-order valence-electron chi connectivity index (χ0n) is 11.1. The van der Waals surface area contributed by atoms with Crippen molar-refractivity contribution in [3.05, 3.63) is 64.2 Å². The number of nitrogens with zero attached hydrogens (tertiary/aromatic N) is 1. The molecule has 0 aliphatic heterocycles. The normalized spacial score (nSPS) is 11.5. The summed E-state index contributed by atoms with van der Waals surface area (Å²) in [6.45, 7) is 4.23. The first-order valence-corrected chi connectivity index (χ1v) is 7.15. The number of hydrogen-bond donors (Lipinski definition) is 0. The molecule has 0 atom stereocenters. The van der Waals surface area contributed by atoms with Crippen LogP contribution in [0.3, 0.4) is 0 Å². The van der Waals surface area contributed by atoms with Gasteiger partial charge < -0.3 is 0 Å². The minimum Gasteiger partial charge on any atom is -0.237 e. The van der Waals surface area contributed by atoms with Crippen molar-refractivity contribution in [3.8, 4) is 0 Å². The van der Waals surface area contributed by atoms with Crippen LogP contribution in [-0.2, 0) is 0 Å². The molecule has 3 rings (SSSR count). The molecule has 0 spiro atoms. The Morgan fingerprint density at radius 1 is 1.00 bits per heavy atom. The quantitative estimate of drug-likeness (QED) is 0.629. The van der Waals surface area contributed by atoms with E-state index in [4.69, 9.17) is 0 Å². The molecule has 0 radical (unpaired) electrons. The van der Waals surface area contributed by atoms with Crippen LogP contribution in [0.15, 0.2) is 42.5 Å². The van der Waals surface area contributed by atoms with Crippen LogP contribution < -0.4 is 0 Å². The van der Waals surface area contributed by atoms with Crippen molar-refractivity contribution in [1.29, 1.82) is 0 Å². The molecule has 0 saturated heterocycles. The van der Waals surface area contributed by atoms with Gasteiger partial charge in [-0.1, -0.05) is 36.4 Å². The summed E-state index contributed by atoms with van der Waals surface area (Å²) in [5.41, 5.74) is 4.88. The molecule has 2 aromatic carbocycles. The highest BCUT2D eigenvalue weighted by atomic mass is 32.1. The Hall–Kier alpha value is -1.93. The first kappa shape index (κ1) is 12.1. The van der Waals surface area contributed by atoms with Gasteiger partial charge >= 0.3 is 0 Å². The van der Waals surface area contributed by atoms with Crippen LogP contribution >= 0.6 is 11.3 Å². The molecule has 0 bridgehead atoms. The fraction of sp³-hybridized carbons (Fsp3) is 0.118. The summed E-state index contributed by atoms with van der Waals surface area (Å²) in [6, 6.07) is 14.8. The largest absolute Gasteiger partial charge is 0.237 e. The van der Waals surface area contributed by atoms with E-state index in [0.29, 0.717) is 0 Å². The molecule has 0 N–H and O–H groups in total. The summed E-state index contributed by atoms with van der Waals surface area (Å²) in [6.07, 6.45) is 4.24. The highest BCUT2D eigenvalue weighted by Crippen LogP contribution is 2.24. The smallest absolute Gasteiger partial charge is 0.117 e. The van der Waals surface area contributed by atoms with Gasteiger partial charge in [0.1, 0.15) is 5.01 Å². The van der Waals surface area contributed by atoms with Crippen molar-refractivity contribution in [2.75, 3.05) is 0 Å². The summed E-state index contributed by atoms with van der Waals surface area (Å²) < 4.78 is 1.25. The Kier molecular flexibility index (Phi) is 3.18. The Morgan fingerprint density at radius 3 is 2.68 bits per heavy atom. The third-order valence-electron chi connectivity index (χ3n) is 3.15. The molecule has 94 valence electrons. The second-order valence-electron chi connectivity index (χ2n) is 4.71. The first-order chi connectivity index (χ1) is 9.22. The topological polar surface area (TPSA) is 12.9 Å². The highest BCUT2D eigenvalue weighted by molar-refractivity contribution is 7.19. The molecule has 0 amide bonds. The van der Waals surface area contributed by atoms with Crippen molar-refractivity contribution in [2.24, 2.45) is 0 Å². The molecule has 19 heavy (non-hydrogen) atoms. The Balaban J connectivity index is 1.95. The van der Waals surface area contributed by atoms with Gasteiger partial charge in [-0.3, -0.25) is 0 Å². The summed E-state index contributed by atoms with van der Waals surface area (Å²) in [5, 5.41) is 1.06. The van der Waals surface area contributed by atoms with Crippen molar-refractivity contribution >= 4 is 33.7 Å². The lowest BCUT2D eigenvalue weighted by molar-refractivity contribution is 1.42. The van der Waals surface area contributed by atoms with Crippen LogP contribution in [0, 0.1) is 13.8 Å². The van der Waals surface area contributed by atoms with Crippen LogP contribution in [0.5, 0.6) is 0 Å². The predicted octanol–water partition coefficient (Wildman–Crippen LogP) is 5.08. The maximum Gasteiger partial charge on any atom is 0.117 e. The number of hydrogen-bond acceptors (Lipinski definition) is 2. The summed E-state index contributed by atoms with van der Waals surface area (Å²) in [7, 11) is 0. The lowest BCUT2D eigenvalue weighted by atomic mass is 10.1. The monoisotopic (exact) mass is 265 g/mol. The van der Waals surface area contributed by atoms with Crippen molar-refractivity contribution in [1.82, 2.24) is 4.98 Å². The number of aromatic nitrogens is 1. The van der Waals surface area contributed by atoms with E-state index < -0.39 is 0 Å². The van der Waals surface area contributed by atoms with E-state index in [1.807, 2.05) is 0 Å². The lowest BCUT2D eigenvalue weighted by Gasteiger charge is -1.97. The maximum atomic E-state index is 4.65. The fourth-order valence-electron chi connectivity index (χ4n) is 2.06. The van der Waals surface area contributed by atoms with Gasteiger partial charge in [0.15, 0.2) is 0 Å². The van der Waals surface area contributed by atoms with Gasteiger partial charge in [0.25, 0.3) is 0 Å². The molecule has 1 heterocycles. The third-order valence-corrected chi connectivity index (χ3v) is 4.16. The summed E-state index contributed by atoms with van der Waals surface area (Å²) >= 11 is 1.73. The van der Waals surface area contributed by atoms with Gasteiger partial charge in [-0.2, -0.15) is 0 Å². The van der Waals surface area contributed by atoms with Crippen molar-refractivity contribution in [3.63, 3.8) is 0 Å². The van der Waals surface area contributed by atoms with Crippen molar-refractivity contribution < 1.29 is 0 Å². The van der Waals surface area contributed by atoms with Crippen LogP contribution in [0.1, 0.15) is 21.7 Å². The maximum absolute atomic E-state index is 4.65. The van der Waals surface area contributed by atoms with E-state index in [9.17, 15) is 0 Å². The van der Waals surface area contributed by atoms with Gasteiger partial charge in [0.2, 0.25) is 0 Å². The average Bonchev–Trinajstić information content (AvgIpc) is 2.79. The second kappa shape index (κ2) is 4.98. The Morgan fingerprint density at radius 2 is 1.84 bits per heavy atom. The van der Waals surface area contributed by atoms with Gasteiger partial charge in [-0.05, 0) is 48.7 Å². The molecule has 3 aromatic rings. The van der Waals surface area contributed by atoms with E-state index in [-0.39, 0.29) is 0 Å². The fourth-order valence-corrected chi connectivity index (χ4v) is 2.91. The standard InChI is InChI=1S/C17H15NS/c1-12-7-9-16-15(11-12)18-17(19-16)10-8-14-6-4-3-5-13(14)2/h3-11H,1-2H3. The molecule has 0 aliphatic rings. The molecule has 1 aromatic heterocycles. The zero-order chi connectivity index (χ0) is 13.2. The van der Waals surface area contributed by atoms with E-state index in [0.717, 1.165) is 10.5 Å². The lowest BCUT2D eigenvalue weighted by Crippen LogP contribution is -1.77. The average molecular weight is 265 g/mol. The van der Waals surface area contributed by atoms with Gasteiger partial charge in [-0.15, -0.1) is 11.3 Å². The summed E-state index contributed by atoms with van der Waals surface area (Å²) in [4.78, 5) is 4.65. The Bertz CT molecular complexity index is 753. The number of fused-ring (bicyclic) bond motifs is 1. The molecular formula is C17H15NS. The van der Waals surface area contributed by atoms with E-state index in [1.54, 1.807) is 11.3 Å². The summed E-state index contributed by atoms with van der Waals surface area (Å²) in [5.74, 6) is 0. The first-order valence-electron chi connectivity index (χ1n) is 6.33. The minimum atomic E-state index is 1.06. The predicted molar refractivity (Wildman–Crippen MR) is 84.5 cm³/mol. The van der Waals surface area contributed by atoms with E-state index >= 15 is 0 Å². The molecule has 0 fully saturated rings. The molecule has 2 heteroatoms. The molecule has 1 nitrogen and oxygen atoms in total. The number of thiazole rings is 1. The number of benzene rings is 2. The highest BCUT2D eigenvalue weighted by Gasteiger charge is 2.01. The van der Waals surface area contributed by atoms with Crippen LogP contribution in [-0.4, -0.2) is 4.98 Å². The van der Waals surface area contributed by atoms with Crippen LogP contribution in [0.25, 0.3) is 22.4 Å². The van der Waals surface area contributed by atoms with Crippen LogP contribution in [0.2, 0.25) is 0 Å². The van der Waals surface area contributed by atoms with E-state index in [2.05, 4.69) is 73.4 Å². The number of aryl methyl sites for hydroxylation is 2. The molecule has 0 aliphatic carbocycles. The molecule has 0 unspecified atom stereocenters. The second-order valence-corrected chi connectivity index (χ2v) is 5.78. The third kappa shape index (κ3) is 2.59. The van der Waals surface area contributed by atoms with Gasteiger partial charge in [0, 0.05) is 0 Å². The van der Waals surface area contributed by atoms with E-state index in [1.165, 1.54) is 21.4 Å². The Labute approximate surface area is 117 Å². The number of rotatable bonds is 2. The molecular weight excluding hydrogens is 250 g/mol. The van der Waals surface area contributed by atoms with Gasteiger partial charge in [0.05, 0.1) is 10.2 Å². The zero-order valence-corrected chi connectivity index (χ0v) is 11.9. The van der Waals surface area contributed by atoms with Crippen molar-refractivity contribution in [2.45, 2.75) is 13.8 Å². The van der Waals surface area contributed by atoms with Gasteiger partial charge in [-0.25, -0.2) is 4.98 Å². The minimum absolute atomic E-state index is 1.06.